The van der Waals surface area contributed by atoms with Crippen molar-refractivity contribution in [3.63, 3.8) is 0 Å². The van der Waals surface area contributed by atoms with Crippen molar-refractivity contribution >= 4 is 64.4 Å². The Morgan fingerprint density at radius 2 is 1.08 bits per heavy atom. The van der Waals surface area contributed by atoms with E-state index in [9.17, 15) is 57.8 Å². The van der Waals surface area contributed by atoms with E-state index in [2.05, 4.69) is 56.5 Å². The molecule has 436 valence electrons. The molecule has 0 bridgehead atoms. The predicted octanol–water partition coefficient (Wildman–Crippen LogP) is 5.32. The summed E-state index contributed by atoms with van der Waals surface area (Å²) in [6.45, 7) is 6.73. The number of carbonyl (C=O) groups excluding carboxylic acids is 7. The second-order valence-corrected chi connectivity index (χ2v) is 19.5. The number of hydrogen-bond donors (Lipinski definition) is 7. The highest BCUT2D eigenvalue weighted by Gasteiger charge is 2.32. The number of carboxylic acids is 2. The number of aromatic nitrogens is 6. The zero-order valence-electron chi connectivity index (χ0n) is 46.1. The number of Topliss-reactive ketones (excluding diaryl/α,β-unsaturated/α-hetero) is 2. The summed E-state index contributed by atoms with van der Waals surface area (Å²) in [5, 5.41) is 32.6. The molecule has 0 saturated carbocycles. The molecule has 4 aromatic carbocycles. The molecule has 85 heavy (non-hydrogen) atoms. The second kappa shape index (κ2) is 27.3. The average molecular weight is 1160 g/mol. The lowest BCUT2D eigenvalue weighted by Gasteiger charge is -2.28. The number of hydrogen-bond acceptors (Lipinski definition) is 18. The zero-order chi connectivity index (χ0) is 60.9. The maximum absolute atomic E-state index is 13.5. The van der Waals surface area contributed by atoms with Crippen LogP contribution in [0, 0.1) is 19.7 Å². The standard InChI is InChI=1S/C27H27FN4O5.2C16H14N4O4/c1-15-9-17(3-7-22(15)28)11-29-26(35)23-10-18(30-14-31-23)12-32(13-25(33)34)24-8-6-19-16(2)20(27(36)37)4-5-21(19)24;2*1-9(21)11-5-13(19-8-18-11)16(23)17-6-10-2-3-14-12(4-10)20-15(22)7-24-14/h3-5,7,9-10,14,24H,6,8,11-13H2,1-2H3,(H,29,35)(H,33,34)(H,36,37);2*2-5,8H,6-7H2,1H3,(H,17,23)(H,20,22)/t24-;;/m0../s1. The summed E-state index contributed by atoms with van der Waals surface area (Å²) in [5.41, 5.74) is 7.92. The Morgan fingerprint density at radius 3 is 1.56 bits per heavy atom. The lowest BCUT2D eigenvalue weighted by atomic mass is 9.97. The van der Waals surface area contributed by atoms with Gasteiger partial charge in [0.15, 0.2) is 24.8 Å². The van der Waals surface area contributed by atoms with Crippen molar-refractivity contribution in [2.24, 2.45) is 0 Å². The number of anilines is 2. The summed E-state index contributed by atoms with van der Waals surface area (Å²) in [7, 11) is 0. The van der Waals surface area contributed by atoms with Gasteiger partial charge in [0.05, 0.1) is 29.2 Å². The number of aryl methyl sites for hydroxylation is 1. The van der Waals surface area contributed by atoms with Gasteiger partial charge in [0.1, 0.15) is 64.8 Å². The Bertz CT molecular complexity index is 3670. The average Bonchev–Trinajstić information content (AvgIpc) is 2.86. The quantitative estimate of drug-likeness (QED) is 0.0568. The third-order valence-electron chi connectivity index (χ3n) is 13.4. The number of ketones is 2. The monoisotopic (exact) mass is 1160 g/mol. The minimum absolute atomic E-state index is 0.00469. The Labute approximate surface area is 483 Å². The number of aromatic carboxylic acids is 1. The van der Waals surface area contributed by atoms with E-state index in [1.807, 2.05) is 0 Å². The van der Waals surface area contributed by atoms with E-state index in [1.54, 1.807) is 79.4 Å². The number of nitrogens with one attached hydrogen (secondary N) is 5. The molecule has 2 aliphatic heterocycles. The van der Waals surface area contributed by atoms with Crippen molar-refractivity contribution < 1.29 is 67.2 Å². The van der Waals surface area contributed by atoms with E-state index in [1.165, 1.54) is 57.1 Å². The number of amides is 5. The minimum Gasteiger partial charge on any atom is -0.482 e. The van der Waals surface area contributed by atoms with Crippen molar-refractivity contribution in [3.8, 4) is 11.5 Å². The summed E-state index contributed by atoms with van der Waals surface area (Å²) in [5.74, 6) is -3.32. The number of fused-ring (bicyclic) bond motifs is 3. The van der Waals surface area contributed by atoms with Gasteiger partial charge in [-0.15, -0.1) is 0 Å². The summed E-state index contributed by atoms with van der Waals surface area (Å²) in [6.07, 6.45) is 4.90. The summed E-state index contributed by atoms with van der Waals surface area (Å²) >= 11 is 0. The van der Waals surface area contributed by atoms with Crippen LogP contribution in [0.3, 0.4) is 0 Å². The van der Waals surface area contributed by atoms with Crippen LogP contribution in [0.25, 0.3) is 0 Å². The topological polar surface area (TPSA) is 353 Å². The van der Waals surface area contributed by atoms with Gasteiger partial charge in [0.25, 0.3) is 29.5 Å². The number of carbonyl (C=O) groups is 9. The molecule has 0 unspecified atom stereocenters. The molecule has 7 N–H and O–H groups in total. The highest BCUT2D eigenvalue weighted by atomic mass is 19.1. The Balaban J connectivity index is 0.000000172. The first kappa shape index (κ1) is 60.3. The summed E-state index contributed by atoms with van der Waals surface area (Å²) < 4.78 is 24.0. The van der Waals surface area contributed by atoms with Gasteiger partial charge in [-0.3, -0.25) is 43.3 Å². The van der Waals surface area contributed by atoms with Gasteiger partial charge < -0.3 is 46.3 Å². The normalized spacial score (nSPS) is 13.4. The van der Waals surface area contributed by atoms with Gasteiger partial charge in [0.2, 0.25) is 0 Å². The van der Waals surface area contributed by atoms with Crippen molar-refractivity contribution in [2.75, 3.05) is 30.4 Å². The van der Waals surface area contributed by atoms with Crippen molar-refractivity contribution in [1.82, 2.24) is 50.8 Å². The number of aliphatic carboxylic acids is 1. The van der Waals surface area contributed by atoms with Crippen LogP contribution in [-0.2, 0) is 47.0 Å². The predicted molar refractivity (Wildman–Crippen MR) is 299 cm³/mol. The lowest BCUT2D eigenvalue weighted by Crippen LogP contribution is -2.33. The van der Waals surface area contributed by atoms with Crippen LogP contribution >= 0.6 is 0 Å². The first-order valence-corrected chi connectivity index (χ1v) is 26.2. The van der Waals surface area contributed by atoms with E-state index >= 15 is 0 Å². The summed E-state index contributed by atoms with van der Waals surface area (Å²) in [6, 6.07) is 22.4. The second-order valence-electron chi connectivity index (χ2n) is 19.5. The molecule has 0 spiro atoms. The van der Waals surface area contributed by atoms with Gasteiger partial charge in [0, 0.05) is 46.1 Å². The molecule has 3 aromatic heterocycles. The van der Waals surface area contributed by atoms with Gasteiger partial charge in [-0.25, -0.2) is 39.1 Å². The molecule has 0 radical (unpaired) electrons. The van der Waals surface area contributed by atoms with Gasteiger partial charge in [-0.05, 0) is 120 Å². The maximum Gasteiger partial charge on any atom is 0.335 e. The molecule has 26 heteroatoms. The minimum atomic E-state index is -1.01. The van der Waals surface area contributed by atoms with Gasteiger partial charge in [-0.1, -0.05) is 30.3 Å². The molecule has 7 aromatic rings. The van der Waals surface area contributed by atoms with Crippen LogP contribution < -0.4 is 36.1 Å². The summed E-state index contributed by atoms with van der Waals surface area (Å²) in [4.78, 5) is 131. The Kier molecular flexibility index (Phi) is 19.4. The first-order valence-electron chi connectivity index (χ1n) is 26.2. The van der Waals surface area contributed by atoms with Gasteiger partial charge in [-0.2, -0.15) is 0 Å². The molecule has 5 heterocycles. The number of rotatable bonds is 17. The highest BCUT2D eigenvalue weighted by Crippen LogP contribution is 2.39. The highest BCUT2D eigenvalue weighted by molar-refractivity contribution is 5.99. The maximum atomic E-state index is 13.5. The molecule has 1 atom stereocenters. The van der Waals surface area contributed by atoms with Gasteiger partial charge >= 0.3 is 11.9 Å². The number of benzene rings is 4. The van der Waals surface area contributed by atoms with Crippen LogP contribution in [0.4, 0.5) is 15.8 Å². The first-order chi connectivity index (χ1) is 40.7. The van der Waals surface area contributed by atoms with Crippen LogP contribution in [-0.4, -0.2) is 118 Å². The molecular weight excluding hydrogens is 1100 g/mol. The van der Waals surface area contributed by atoms with Crippen LogP contribution in [0.5, 0.6) is 11.5 Å². The van der Waals surface area contributed by atoms with E-state index in [-0.39, 0.29) is 115 Å². The smallest absolute Gasteiger partial charge is 0.335 e. The largest absolute Gasteiger partial charge is 0.482 e. The molecule has 1 aliphatic carbocycles. The lowest BCUT2D eigenvalue weighted by molar-refractivity contribution is -0.139. The third kappa shape index (κ3) is 15.8. The fraction of sp³-hybridized carbons (Fsp3) is 0.237. The van der Waals surface area contributed by atoms with Crippen LogP contribution in [0.15, 0.2) is 104 Å². The third-order valence-corrected chi connectivity index (χ3v) is 13.4. The fourth-order valence-electron chi connectivity index (χ4n) is 9.20. The van der Waals surface area contributed by atoms with E-state index in [4.69, 9.17) is 9.47 Å². The molecule has 0 saturated heterocycles. The zero-order valence-corrected chi connectivity index (χ0v) is 46.1. The molecule has 0 fully saturated rings. The van der Waals surface area contributed by atoms with E-state index < -0.39 is 29.7 Å². The van der Waals surface area contributed by atoms with Crippen molar-refractivity contribution in [1.29, 1.82) is 0 Å². The fourth-order valence-corrected chi connectivity index (χ4v) is 9.20. The number of ether oxygens (including phenoxy) is 2. The van der Waals surface area contributed by atoms with E-state index in [0.29, 0.717) is 52.5 Å². The molecule has 5 amide bonds. The molecular formula is C59H55FN12O13. The van der Waals surface area contributed by atoms with Crippen molar-refractivity contribution in [2.45, 2.75) is 72.8 Å². The van der Waals surface area contributed by atoms with Crippen LogP contribution in [0.1, 0.15) is 134 Å². The molecule has 25 nitrogen and oxygen atoms in total. The molecule has 10 rings (SSSR count). The van der Waals surface area contributed by atoms with Crippen molar-refractivity contribution in [3.05, 3.63) is 188 Å². The number of carboxylic acid groups (broad SMARTS) is 2. The SMILES string of the molecule is CC(=O)c1cc(C(=O)NCc2ccc3c(c2)NC(=O)CO3)ncn1.CC(=O)c1cc(C(=O)NCc2ccc3c(c2)NC(=O)CO3)ncn1.Cc1cc(CNC(=O)c2cc(CN(CC(=O)O)[C@H]3CCc4c3ccc(C(=O)O)c4C)ncn2)ccc1F. The Morgan fingerprint density at radius 1 is 0.612 bits per heavy atom. The Hall–Kier alpha value is -10.8. The van der Waals surface area contributed by atoms with E-state index in [0.717, 1.165) is 27.8 Å². The molecule has 3 aliphatic rings. The number of nitrogens with zero attached hydrogens (tertiary/aromatic N) is 7. The number of halogens is 1. The van der Waals surface area contributed by atoms with Crippen LogP contribution in [0.2, 0.25) is 0 Å².